The Kier molecular flexibility index (Phi) is 3.20. The third-order valence-corrected chi connectivity index (χ3v) is 2.84. The lowest BCUT2D eigenvalue weighted by atomic mass is 10.2. The van der Waals surface area contributed by atoms with Crippen molar-refractivity contribution in [2.75, 3.05) is 0 Å². The predicted octanol–water partition coefficient (Wildman–Crippen LogP) is 3.41. The van der Waals surface area contributed by atoms with E-state index in [1.54, 1.807) is 6.08 Å². The van der Waals surface area contributed by atoms with Crippen LogP contribution in [0.25, 0.3) is 17.0 Å². The number of halogens is 1. The zero-order valence-corrected chi connectivity index (χ0v) is 10.1. The molecule has 1 aromatic carbocycles. The Morgan fingerprint density at radius 1 is 1.47 bits per heavy atom. The molecule has 0 fully saturated rings. The topological polar surface area (TPSA) is 42.2 Å². The van der Waals surface area contributed by atoms with E-state index in [2.05, 4.69) is 0 Å². The van der Waals surface area contributed by atoms with Crippen molar-refractivity contribution in [2.45, 2.75) is 13.5 Å². The molecule has 0 saturated heterocycles. The maximum Gasteiger partial charge on any atom is 0.328 e. The number of benzene rings is 1. The molecule has 4 heteroatoms. The molecule has 0 radical (unpaired) electrons. The Morgan fingerprint density at radius 2 is 2.24 bits per heavy atom. The summed E-state index contributed by atoms with van der Waals surface area (Å²) in [6.07, 6.45) is 2.74. The molecule has 0 atom stereocenters. The minimum Gasteiger partial charge on any atom is -0.478 e. The lowest BCUT2D eigenvalue weighted by Gasteiger charge is -2.03. The van der Waals surface area contributed by atoms with E-state index in [1.807, 2.05) is 35.8 Å². The molecule has 2 aromatic rings. The number of aryl methyl sites for hydroxylation is 1. The second kappa shape index (κ2) is 4.63. The smallest absolute Gasteiger partial charge is 0.328 e. The highest BCUT2D eigenvalue weighted by atomic mass is 35.5. The van der Waals surface area contributed by atoms with Crippen LogP contribution in [0.1, 0.15) is 12.6 Å². The van der Waals surface area contributed by atoms with Gasteiger partial charge in [0.05, 0.1) is 0 Å². The molecule has 1 aromatic heterocycles. The Hall–Kier alpha value is -1.74. The third kappa shape index (κ3) is 2.34. The molecule has 2 rings (SSSR count). The molecule has 3 nitrogen and oxygen atoms in total. The quantitative estimate of drug-likeness (QED) is 0.847. The highest BCUT2D eigenvalue weighted by Crippen LogP contribution is 2.24. The largest absolute Gasteiger partial charge is 0.478 e. The number of hydrogen-bond donors (Lipinski definition) is 1. The first kappa shape index (κ1) is 11.7. The van der Waals surface area contributed by atoms with E-state index in [-0.39, 0.29) is 0 Å². The number of hydrogen-bond acceptors (Lipinski definition) is 1. The van der Waals surface area contributed by atoms with E-state index in [0.29, 0.717) is 5.02 Å². The number of carbonyl (C=O) groups is 1. The maximum absolute atomic E-state index is 10.5. The fourth-order valence-electron chi connectivity index (χ4n) is 1.91. The number of aromatic nitrogens is 1. The molecular weight excluding hydrogens is 238 g/mol. The molecule has 0 bridgehead atoms. The van der Waals surface area contributed by atoms with Gasteiger partial charge in [0.1, 0.15) is 0 Å². The molecule has 0 amide bonds. The van der Waals surface area contributed by atoms with Gasteiger partial charge < -0.3 is 9.67 Å². The summed E-state index contributed by atoms with van der Waals surface area (Å²) in [7, 11) is 0. The summed E-state index contributed by atoms with van der Waals surface area (Å²) >= 11 is 5.93. The van der Waals surface area contributed by atoms with Crippen LogP contribution in [-0.4, -0.2) is 15.6 Å². The number of aliphatic carboxylic acids is 1. The molecule has 1 N–H and O–H groups in total. The second-order valence-electron chi connectivity index (χ2n) is 3.69. The number of rotatable bonds is 3. The Morgan fingerprint density at radius 3 is 2.88 bits per heavy atom. The molecule has 0 unspecified atom stereocenters. The van der Waals surface area contributed by atoms with Crippen LogP contribution in [0.15, 0.2) is 30.3 Å². The minimum atomic E-state index is -0.948. The van der Waals surface area contributed by atoms with Crippen molar-refractivity contribution in [2.24, 2.45) is 0 Å². The average Bonchev–Trinajstić information content (AvgIpc) is 2.62. The van der Waals surface area contributed by atoms with Crippen LogP contribution in [0, 0.1) is 0 Å². The first-order chi connectivity index (χ1) is 8.11. The fraction of sp³-hybridized carbons (Fsp3) is 0.154. The van der Waals surface area contributed by atoms with Gasteiger partial charge in [-0.2, -0.15) is 0 Å². The Bertz CT molecular complexity index is 599. The van der Waals surface area contributed by atoms with Crippen molar-refractivity contribution in [1.29, 1.82) is 0 Å². The van der Waals surface area contributed by atoms with Gasteiger partial charge in [0.2, 0.25) is 0 Å². The molecule has 88 valence electrons. The van der Waals surface area contributed by atoms with Crippen molar-refractivity contribution < 1.29 is 9.90 Å². The van der Waals surface area contributed by atoms with Crippen LogP contribution in [0.5, 0.6) is 0 Å². The first-order valence-electron chi connectivity index (χ1n) is 5.31. The minimum absolute atomic E-state index is 0.680. The van der Waals surface area contributed by atoms with Crippen LogP contribution >= 0.6 is 11.6 Å². The average molecular weight is 250 g/mol. The van der Waals surface area contributed by atoms with E-state index >= 15 is 0 Å². The summed E-state index contributed by atoms with van der Waals surface area (Å²) in [5, 5.41) is 10.3. The zero-order valence-electron chi connectivity index (χ0n) is 9.35. The van der Waals surface area contributed by atoms with Gasteiger partial charge in [-0.3, -0.25) is 0 Å². The van der Waals surface area contributed by atoms with Crippen LogP contribution in [-0.2, 0) is 11.3 Å². The van der Waals surface area contributed by atoms with Gasteiger partial charge in [0.15, 0.2) is 0 Å². The number of nitrogens with zero attached hydrogens (tertiary/aromatic N) is 1. The van der Waals surface area contributed by atoms with Gasteiger partial charge in [-0.1, -0.05) is 11.6 Å². The summed E-state index contributed by atoms with van der Waals surface area (Å²) in [5.41, 5.74) is 1.93. The highest BCUT2D eigenvalue weighted by Gasteiger charge is 2.05. The third-order valence-electron chi connectivity index (χ3n) is 2.61. The molecule has 0 aliphatic heterocycles. The van der Waals surface area contributed by atoms with Crippen LogP contribution < -0.4 is 0 Å². The van der Waals surface area contributed by atoms with Crippen molar-refractivity contribution in [1.82, 2.24) is 4.57 Å². The van der Waals surface area contributed by atoms with Gasteiger partial charge in [-0.15, -0.1) is 0 Å². The van der Waals surface area contributed by atoms with Gasteiger partial charge >= 0.3 is 5.97 Å². The SMILES string of the molecule is CCn1c(/C=C/C(=O)O)cc2cc(Cl)ccc21. The van der Waals surface area contributed by atoms with Gasteiger partial charge in [-0.25, -0.2) is 4.79 Å². The summed E-state index contributed by atoms with van der Waals surface area (Å²) in [5.74, 6) is -0.948. The maximum atomic E-state index is 10.5. The van der Waals surface area contributed by atoms with E-state index in [4.69, 9.17) is 16.7 Å². The van der Waals surface area contributed by atoms with Crippen molar-refractivity contribution >= 4 is 34.5 Å². The summed E-state index contributed by atoms with van der Waals surface area (Å²) in [6, 6.07) is 7.59. The van der Waals surface area contributed by atoms with Crippen LogP contribution in [0.4, 0.5) is 0 Å². The van der Waals surface area contributed by atoms with Crippen molar-refractivity contribution in [3.05, 3.63) is 41.1 Å². The summed E-state index contributed by atoms with van der Waals surface area (Å²) in [6.45, 7) is 2.80. The standard InChI is InChI=1S/C13H12ClNO2/c1-2-15-11(4-6-13(16)17)8-9-7-10(14)3-5-12(9)15/h3-8H,2H2,1H3,(H,16,17)/b6-4+. The van der Waals surface area contributed by atoms with Gasteiger partial charge in [-0.05, 0) is 37.3 Å². The van der Waals surface area contributed by atoms with Crippen molar-refractivity contribution in [3.63, 3.8) is 0 Å². The Balaban J connectivity index is 2.59. The van der Waals surface area contributed by atoms with E-state index in [1.165, 1.54) is 0 Å². The lowest BCUT2D eigenvalue weighted by Crippen LogP contribution is -1.96. The Labute approximate surface area is 104 Å². The van der Waals surface area contributed by atoms with E-state index in [9.17, 15) is 4.79 Å². The molecule has 0 spiro atoms. The predicted molar refractivity (Wildman–Crippen MR) is 69.3 cm³/mol. The van der Waals surface area contributed by atoms with E-state index < -0.39 is 5.97 Å². The summed E-state index contributed by atoms with van der Waals surface area (Å²) in [4.78, 5) is 10.5. The normalized spacial score (nSPS) is 11.4. The highest BCUT2D eigenvalue weighted by molar-refractivity contribution is 6.31. The number of carboxylic acid groups (broad SMARTS) is 1. The molecule has 0 aliphatic rings. The van der Waals surface area contributed by atoms with Crippen molar-refractivity contribution in [3.8, 4) is 0 Å². The molecule has 0 aliphatic carbocycles. The van der Waals surface area contributed by atoms with Gasteiger partial charge in [0, 0.05) is 34.2 Å². The van der Waals surface area contributed by atoms with Crippen LogP contribution in [0.2, 0.25) is 5.02 Å². The first-order valence-corrected chi connectivity index (χ1v) is 5.69. The monoisotopic (exact) mass is 249 g/mol. The molecule has 0 saturated carbocycles. The molecular formula is C13H12ClNO2. The van der Waals surface area contributed by atoms with E-state index in [0.717, 1.165) is 29.2 Å². The van der Waals surface area contributed by atoms with Crippen LogP contribution in [0.3, 0.4) is 0 Å². The number of fused-ring (bicyclic) bond motifs is 1. The molecule has 1 heterocycles. The van der Waals surface area contributed by atoms with Gasteiger partial charge in [0.25, 0.3) is 0 Å². The number of carboxylic acids is 1. The second-order valence-corrected chi connectivity index (χ2v) is 4.12. The fourth-order valence-corrected chi connectivity index (χ4v) is 2.09. The molecule has 17 heavy (non-hydrogen) atoms. The lowest BCUT2D eigenvalue weighted by molar-refractivity contribution is -0.131. The summed E-state index contributed by atoms with van der Waals surface area (Å²) < 4.78 is 2.05. The zero-order chi connectivity index (χ0) is 12.4.